The van der Waals surface area contributed by atoms with Crippen LogP contribution < -0.4 is 0 Å². The summed E-state index contributed by atoms with van der Waals surface area (Å²) in [4.78, 5) is 0. The van der Waals surface area contributed by atoms with Gasteiger partial charge in [-0.1, -0.05) is 13.8 Å². The molecule has 0 radical (unpaired) electrons. The number of hydrogen-bond donors (Lipinski definition) is 1. The van der Waals surface area contributed by atoms with Crippen molar-refractivity contribution in [3.63, 3.8) is 0 Å². The maximum absolute atomic E-state index is 7.19. The Bertz CT molecular complexity index is 109. The van der Waals surface area contributed by atoms with Crippen LogP contribution in [0.15, 0.2) is 0 Å². The van der Waals surface area contributed by atoms with Crippen LogP contribution in [0.5, 0.6) is 0 Å². The SMILES string of the molecule is CC(C)C1OCC1=N. The lowest BCUT2D eigenvalue weighted by molar-refractivity contribution is 0.0406. The van der Waals surface area contributed by atoms with Crippen molar-refractivity contribution in [1.82, 2.24) is 0 Å². The molecular formula is C6H11NO. The predicted molar refractivity (Wildman–Crippen MR) is 32.3 cm³/mol. The smallest absolute Gasteiger partial charge is 0.1000 e. The highest BCUT2D eigenvalue weighted by atomic mass is 16.5. The molecule has 0 aliphatic carbocycles. The normalized spacial score (nSPS) is 28.4. The fourth-order valence-corrected chi connectivity index (χ4v) is 0.858. The second kappa shape index (κ2) is 1.86. The summed E-state index contributed by atoms with van der Waals surface area (Å²) in [6.45, 7) is 4.69. The van der Waals surface area contributed by atoms with E-state index >= 15 is 0 Å². The summed E-state index contributed by atoms with van der Waals surface area (Å²) in [7, 11) is 0. The second-order valence-corrected chi connectivity index (χ2v) is 2.50. The Morgan fingerprint density at radius 2 is 2.38 bits per heavy atom. The first-order valence-electron chi connectivity index (χ1n) is 2.90. The fraction of sp³-hybridized carbons (Fsp3) is 0.833. The summed E-state index contributed by atoms with van der Waals surface area (Å²) in [5.41, 5.74) is 0.750. The molecule has 0 saturated carbocycles. The first-order valence-corrected chi connectivity index (χ1v) is 2.90. The number of ether oxygens (including phenoxy) is 1. The predicted octanol–water partition coefficient (Wildman–Crippen LogP) is 1.06. The quantitative estimate of drug-likeness (QED) is 0.542. The van der Waals surface area contributed by atoms with Gasteiger partial charge in [-0.15, -0.1) is 0 Å². The van der Waals surface area contributed by atoms with Crippen LogP contribution >= 0.6 is 0 Å². The molecule has 2 heteroatoms. The molecule has 0 bridgehead atoms. The number of rotatable bonds is 1. The van der Waals surface area contributed by atoms with E-state index in [2.05, 4.69) is 13.8 Å². The van der Waals surface area contributed by atoms with Crippen LogP contribution in [-0.4, -0.2) is 18.4 Å². The molecule has 1 aliphatic rings. The molecule has 1 N–H and O–H groups in total. The average Bonchev–Trinajstić information content (AvgIpc) is 1.61. The lowest BCUT2D eigenvalue weighted by Gasteiger charge is -2.30. The first-order chi connectivity index (χ1) is 3.72. The zero-order valence-electron chi connectivity index (χ0n) is 5.27. The Morgan fingerprint density at radius 3 is 2.38 bits per heavy atom. The van der Waals surface area contributed by atoms with Gasteiger partial charge in [-0.3, -0.25) is 0 Å². The van der Waals surface area contributed by atoms with Crippen molar-refractivity contribution in [1.29, 1.82) is 5.41 Å². The Kier molecular flexibility index (Phi) is 1.34. The van der Waals surface area contributed by atoms with Gasteiger partial charge in [0.05, 0.1) is 18.4 Å². The Labute approximate surface area is 49.4 Å². The van der Waals surface area contributed by atoms with E-state index in [1.54, 1.807) is 0 Å². The summed E-state index contributed by atoms with van der Waals surface area (Å²) in [5.74, 6) is 0.483. The van der Waals surface area contributed by atoms with E-state index in [4.69, 9.17) is 10.1 Å². The molecule has 1 fully saturated rings. The molecule has 2 nitrogen and oxygen atoms in total. The molecule has 1 saturated heterocycles. The Hall–Kier alpha value is -0.370. The second-order valence-electron chi connectivity index (χ2n) is 2.50. The van der Waals surface area contributed by atoms with E-state index in [-0.39, 0.29) is 6.10 Å². The highest BCUT2D eigenvalue weighted by Gasteiger charge is 2.27. The van der Waals surface area contributed by atoms with Gasteiger partial charge in [-0.05, 0) is 5.92 Å². The van der Waals surface area contributed by atoms with Gasteiger partial charge in [-0.25, -0.2) is 0 Å². The highest BCUT2D eigenvalue weighted by Crippen LogP contribution is 2.15. The van der Waals surface area contributed by atoms with Gasteiger partial charge in [0, 0.05) is 0 Å². The minimum atomic E-state index is 0.134. The van der Waals surface area contributed by atoms with Gasteiger partial charge in [0.1, 0.15) is 0 Å². The lowest BCUT2D eigenvalue weighted by Crippen LogP contribution is -2.43. The summed E-state index contributed by atoms with van der Waals surface area (Å²) >= 11 is 0. The third-order valence-corrected chi connectivity index (χ3v) is 1.37. The van der Waals surface area contributed by atoms with Gasteiger partial charge in [0.15, 0.2) is 0 Å². The van der Waals surface area contributed by atoms with E-state index in [0.717, 1.165) is 5.71 Å². The molecule has 1 rings (SSSR count). The van der Waals surface area contributed by atoms with Gasteiger partial charge >= 0.3 is 0 Å². The number of nitrogens with one attached hydrogen (secondary N) is 1. The van der Waals surface area contributed by atoms with Crippen molar-refractivity contribution >= 4 is 5.71 Å². The molecule has 0 aromatic rings. The van der Waals surface area contributed by atoms with Crippen LogP contribution in [-0.2, 0) is 4.74 Å². The van der Waals surface area contributed by atoms with Gasteiger partial charge in [0.25, 0.3) is 0 Å². The first kappa shape index (κ1) is 5.76. The minimum Gasteiger partial charge on any atom is -0.366 e. The van der Waals surface area contributed by atoms with Crippen molar-refractivity contribution in [3.05, 3.63) is 0 Å². The maximum atomic E-state index is 7.19. The summed E-state index contributed by atoms with van der Waals surface area (Å²) in [6, 6.07) is 0. The average molecular weight is 113 g/mol. The van der Waals surface area contributed by atoms with Crippen LogP contribution in [0.1, 0.15) is 13.8 Å². The summed E-state index contributed by atoms with van der Waals surface area (Å²) < 4.78 is 5.08. The van der Waals surface area contributed by atoms with E-state index < -0.39 is 0 Å². The third-order valence-electron chi connectivity index (χ3n) is 1.37. The summed E-state index contributed by atoms with van der Waals surface area (Å²) in [6.07, 6.45) is 0.134. The van der Waals surface area contributed by atoms with Crippen molar-refractivity contribution in [2.45, 2.75) is 20.0 Å². The topological polar surface area (TPSA) is 33.1 Å². The Balaban J connectivity index is 2.37. The molecule has 0 aromatic carbocycles. The zero-order chi connectivity index (χ0) is 6.15. The van der Waals surface area contributed by atoms with Crippen LogP contribution in [0.25, 0.3) is 0 Å². The standard InChI is InChI=1S/C6H11NO/c1-4(2)6-5(7)3-8-6/h4,6-7H,3H2,1-2H3. The maximum Gasteiger partial charge on any atom is 0.1000 e. The molecule has 0 amide bonds. The van der Waals surface area contributed by atoms with E-state index in [1.165, 1.54) is 0 Å². The molecule has 1 atom stereocenters. The molecule has 1 aliphatic heterocycles. The van der Waals surface area contributed by atoms with E-state index in [9.17, 15) is 0 Å². The minimum absolute atomic E-state index is 0.134. The molecule has 46 valence electrons. The van der Waals surface area contributed by atoms with Crippen molar-refractivity contribution in [2.75, 3.05) is 6.61 Å². The molecule has 8 heavy (non-hydrogen) atoms. The molecule has 1 heterocycles. The lowest BCUT2D eigenvalue weighted by atomic mass is 9.99. The number of hydrogen-bond acceptors (Lipinski definition) is 2. The van der Waals surface area contributed by atoms with Crippen LogP contribution in [0.2, 0.25) is 0 Å². The van der Waals surface area contributed by atoms with Crippen molar-refractivity contribution < 1.29 is 4.74 Å². The third kappa shape index (κ3) is 0.757. The van der Waals surface area contributed by atoms with Gasteiger partial charge in [0.2, 0.25) is 0 Å². The van der Waals surface area contributed by atoms with Crippen molar-refractivity contribution in [2.24, 2.45) is 5.92 Å². The highest BCUT2D eigenvalue weighted by molar-refractivity contribution is 5.91. The van der Waals surface area contributed by atoms with Gasteiger partial charge in [-0.2, -0.15) is 0 Å². The largest absolute Gasteiger partial charge is 0.366 e. The van der Waals surface area contributed by atoms with Crippen LogP contribution in [0.4, 0.5) is 0 Å². The molecule has 0 spiro atoms. The zero-order valence-corrected chi connectivity index (χ0v) is 5.27. The molecular weight excluding hydrogens is 102 g/mol. The fourth-order valence-electron chi connectivity index (χ4n) is 0.858. The monoisotopic (exact) mass is 113 g/mol. The van der Waals surface area contributed by atoms with Crippen LogP contribution in [0, 0.1) is 11.3 Å². The summed E-state index contributed by atoms with van der Waals surface area (Å²) in [5, 5.41) is 7.19. The molecule has 0 aromatic heterocycles. The van der Waals surface area contributed by atoms with E-state index in [1.807, 2.05) is 0 Å². The van der Waals surface area contributed by atoms with E-state index in [0.29, 0.717) is 12.5 Å². The van der Waals surface area contributed by atoms with Crippen LogP contribution in [0.3, 0.4) is 0 Å². The van der Waals surface area contributed by atoms with Crippen molar-refractivity contribution in [3.8, 4) is 0 Å². The Morgan fingerprint density at radius 1 is 1.75 bits per heavy atom. The molecule has 1 unspecified atom stereocenters. The van der Waals surface area contributed by atoms with Gasteiger partial charge < -0.3 is 10.1 Å².